The number of H-pyrrole nitrogens is 1. The molecule has 0 aromatic carbocycles. The Bertz CT molecular complexity index is 387. The molecule has 1 aromatic rings. The molecule has 0 aliphatic heterocycles. The van der Waals surface area contributed by atoms with Crippen LogP contribution in [-0.4, -0.2) is 34.6 Å². The summed E-state index contributed by atoms with van der Waals surface area (Å²) in [7, 11) is 0. The van der Waals surface area contributed by atoms with Crippen molar-refractivity contribution in [2.45, 2.75) is 19.9 Å². The van der Waals surface area contributed by atoms with Crippen LogP contribution in [-0.2, 0) is 4.79 Å². The Balaban J connectivity index is 2.58. The lowest BCUT2D eigenvalue weighted by atomic mass is 10.2. The highest BCUT2D eigenvalue weighted by molar-refractivity contribution is 5.99. The topological polar surface area (TPSA) is 113 Å². The lowest BCUT2D eigenvalue weighted by Crippen LogP contribution is -2.44. The van der Waals surface area contributed by atoms with Crippen LogP contribution in [0.4, 0.5) is 5.69 Å². The maximum atomic E-state index is 11.6. The quantitative estimate of drug-likeness (QED) is 0.539. The molecule has 0 spiro atoms. The van der Waals surface area contributed by atoms with Gasteiger partial charge in [-0.3, -0.25) is 14.7 Å². The number of nitrogen functional groups attached to an aromatic ring is 1. The van der Waals surface area contributed by atoms with E-state index in [0.29, 0.717) is 6.54 Å². The number of likely N-dealkylation sites (N-methyl/N-ethyl adjacent to an activating group) is 1. The lowest BCUT2D eigenvalue weighted by Gasteiger charge is -2.12. The smallest absolute Gasteiger partial charge is 0.272 e. The molecule has 5 N–H and O–H groups in total. The molecule has 1 atom stereocenters. The molecule has 0 saturated carbocycles. The van der Waals surface area contributed by atoms with E-state index < -0.39 is 11.9 Å². The second-order valence-electron chi connectivity index (χ2n) is 3.29. The summed E-state index contributed by atoms with van der Waals surface area (Å²) in [6.45, 7) is 3.92. The highest BCUT2D eigenvalue weighted by Crippen LogP contribution is 2.05. The predicted molar refractivity (Wildman–Crippen MR) is 58.6 cm³/mol. The van der Waals surface area contributed by atoms with Gasteiger partial charge in [0.15, 0.2) is 0 Å². The summed E-state index contributed by atoms with van der Waals surface area (Å²) in [6, 6.07) is -0.616. The van der Waals surface area contributed by atoms with E-state index in [2.05, 4.69) is 20.8 Å². The number of amides is 2. The molecule has 1 rings (SSSR count). The number of rotatable bonds is 4. The summed E-state index contributed by atoms with van der Waals surface area (Å²) < 4.78 is 0. The molecule has 0 fully saturated rings. The number of carbonyl (C=O) groups is 2. The van der Waals surface area contributed by atoms with Gasteiger partial charge in [-0.2, -0.15) is 5.10 Å². The van der Waals surface area contributed by atoms with Crippen LogP contribution >= 0.6 is 0 Å². The summed E-state index contributed by atoms with van der Waals surface area (Å²) >= 11 is 0. The molecule has 88 valence electrons. The van der Waals surface area contributed by atoms with Gasteiger partial charge in [0, 0.05) is 6.54 Å². The van der Waals surface area contributed by atoms with Gasteiger partial charge in [-0.05, 0) is 13.8 Å². The maximum Gasteiger partial charge on any atom is 0.272 e. The number of nitrogens with one attached hydrogen (secondary N) is 3. The first-order valence-electron chi connectivity index (χ1n) is 4.93. The van der Waals surface area contributed by atoms with Gasteiger partial charge < -0.3 is 16.4 Å². The zero-order valence-electron chi connectivity index (χ0n) is 9.20. The van der Waals surface area contributed by atoms with Crippen LogP contribution in [0.3, 0.4) is 0 Å². The number of hydrogen-bond acceptors (Lipinski definition) is 4. The minimum absolute atomic E-state index is 0.163. The summed E-state index contributed by atoms with van der Waals surface area (Å²) in [4.78, 5) is 23.0. The molecule has 0 radical (unpaired) electrons. The van der Waals surface area contributed by atoms with E-state index in [1.807, 2.05) is 0 Å². The standard InChI is InChI=1S/C9H15N5O2/c1-3-11-8(15)5(2)13-9(16)7-6(10)4-12-14-7/h4-5H,3,10H2,1-2H3,(H,11,15)(H,12,14)(H,13,16). The predicted octanol–water partition coefficient (Wildman–Crippen LogP) is -0.754. The first-order chi connectivity index (χ1) is 7.56. The fraction of sp³-hybridized carbons (Fsp3) is 0.444. The summed E-state index contributed by atoms with van der Waals surface area (Å²) in [5.41, 5.74) is 5.91. The van der Waals surface area contributed by atoms with Crippen LogP contribution in [0, 0.1) is 0 Å². The highest BCUT2D eigenvalue weighted by Gasteiger charge is 2.18. The number of aromatic amines is 1. The average molecular weight is 225 g/mol. The van der Waals surface area contributed by atoms with Crippen LogP contribution in [0.25, 0.3) is 0 Å². The molecular weight excluding hydrogens is 210 g/mol. The van der Waals surface area contributed by atoms with Crippen molar-refractivity contribution in [3.8, 4) is 0 Å². The molecule has 7 heteroatoms. The van der Waals surface area contributed by atoms with E-state index in [1.165, 1.54) is 6.20 Å². The van der Waals surface area contributed by atoms with Crippen LogP contribution in [0.1, 0.15) is 24.3 Å². The first kappa shape index (κ1) is 12.0. The van der Waals surface area contributed by atoms with Crippen molar-refractivity contribution < 1.29 is 9.59 Å². The fourth-order valence-corrected chi connectivity index (χ4v) is 1.14. The molecular formula is C9H15N5O2. The Morgan fingerprint density at radius 2 is 2.31 bits per heavy atom. The SMILES string of the molecule is CCNC(=O)C(C)NC(=O)c1[nH]ncc1N. The molecule has 16 heavy (non-hydrogen) atoms. The number of hydrogen-bond donors (Lipinski definition) is 4. The molecule has 0 saturated heterocycles. The molecule has 0 aliphatic rings. The van der Waals surface area contributed by atoms with E-state index in [4.69, 9.17) is 5.73 Å². The maximum absolute atomic E-state index is 11.6. The zero-order chi connectivity index (χ0) is 12.1. The number of nitrogens with two attached hydrogens (primary N) is 1. The number of anilines is 1. The molecule has 1 heterocycles. The van der Waals surface area contributed by atoms with E-state index >= 15 is 0 Å². The van der Waals surface area contributed by atoms with Crippen LogP contribution < -0.4 is 16.4 Å². The Morgan fingerprint density at radius 1 is 1.62 bits per heavy atom. The second-order valence-corrected chi connectivity index (χ2v) is 3.29. The van der Waals surface area contributed by atoms with E-state index in [1.54, 1.807) is 13.8 Å². The summed E-state index contributed by atoms with van der Waals surface area (Å²) in [5, 5.41) is 11.2. The largest absolute Gasteiger partial charge is 0.396 e. The van der Waals surface area contributed by atoms with Crippen molar-refractivity contribution in [3.63, 3.8) is 0 Å². The minimum Gasteiger partial charge on any atom is -0.396 e. The molecule has 1 aromatic heterocycles. The Kier molecular flexibility index (Phi) is 3.87. The third-order valence-electron chi connectivity index (χ3n) is 1.99. The normalized spacial score (nSPS) is 11.9. The average Bonchev–Trinajstić information content (AvgIpc) is 2.64. The second kappa shape index (κ2) is 5.15. The van der Waals surface area contributed by atoms with Crippen molar-refractivity contribution in [2.24, 2.45) is 0 Å². The van der Waals surface area contributed by atoms with Crippen LogP contribution in [0.2, 0.25) is 0 Å². The fourth-order valence-electron chi connectivity index (χ4n) is 1.14. The minimum atomic E-state index is -0.616. The number of nitrogens with zero attached hydrogens (tertiary/aromatic N) is 1. The molecule has 0 bridgehead atoms. The van der Waals surface area contributed by atoms with Crippen molar-refractivity contribution >= 4 is 17.5 Å². The van der Waals surface area contributed by atoms with Gasteiger partial charge in [0.05, 0.1) is 11.9 Å². The Morgan fingerprint density at radius 3 is 2.81 bits per heavy atom. The lowest BCUT2D eigenvalue weighted by molar-refractivity contribution is -0.122. The van der Waals surface area contributed by atoms with Gasteiger partial charge in [0.25, 0.3) is 5.91 Å². The van der Waals surface area contributed by atoms with Gasteiger partial charge >= 0.3 is 0 Å². The van der Waals surface area contributed by atoms with Gasteiger partial charge in [-0.25, -0.2) is 0 Å². The Labute approximate surface area is 92.8 Å². The molecule has 7 nitrogen and oxygen atoms in total. The summed E-state index contributed by atoms with van der Waals surface area (Å²) in [5.74, 6) is -0.692. The first-order valence-corrected chi connectivity index (χ1v) is 4.93. The highest BCUT2D eigenvalue weighted by atomic mass is 16.2. The zero-order valence-corrected chi connectivity index (χ0v) is 9.20. The number of carbonyl (C=O) groups excluding carboxylic acids is 2. The summed E-state index contributed by atoms with van der Waals surface area (Å²) in [6.07, 6.45) is 1.34. The van der Waals surface area contributed by atoms with Crippen LogP contribution in [0.5, 0.6) is 0 Å². The monoisotopic (exact) mass is 225 g/mol. The Hall–Kier alpha value is -2.05. The third-order valence-corrected chi connectivity index (χ3v) is 1.99. The van der Waals surface area contributed by atoms with Gasteiger partial charge in [0.2, 0.25) is 5.91 Å². The van der Waals surface area contributed by atoms with Gasteiger partial charge in [0.1, 0.15) is 11.7 Å². The van der Waals surface area contributed by atoms with Crippen molar-refractivity contribution in [3.05, 3.63) is 11.9 Å². The van der Waals surface area contributed by atoms with Crippen LogP contribution in [0.15, 0.2) is 6.20 Å². The number of aromatic nitrogens is 2. The van der Waals surface area contributed by atoms with Crippen molar-refractivity contribution in [1.29, 1.82) is 0 Å². The van der Waals surface area contributed by atoms with Gasteiger partial charge in [-0.1, -0.05) is 0 Å². The van der Waals surface area contributed by atoms with E-state index in [-0.39, 0.29) is 17.3 Å². The third kappa shape index (κ3) is 2.72. The molecule has 0 aliphatic carbocycles. The van der Waals surface area contributed by atoms with Crippen molar-refractivity contribution in [1.82, 2.24) is 20.8 Å². The van der Waals surface area contributed by atoms with Crippen molar-refractivity contribution in [2.75, 3.05) is 12.3 Å². The molecule has 1 unspecified atom stereocenters. The van der Waals surface area contributed by atoms with Gasteiger partial charge in [-0.15, -0.1) is 0 Å². The van der Waals surface area contributed by atoms with E-state index in [0.717, 1.165) is 0 Å². The van der Waals surface area contributed by atoms with E-state index in [9.17, 15) is 9.59 Å². The molecule has 2 amide bonds.